The van der Waals surface area contributed by atoms with Gasteiger partial charge in [-0.2, -0.15) is 13.2 Å². The Morgan fingerprint density at radius 2 is 1.44 bits per heavy atom. The molecule has 0 radical (unpaired) electrons. The number of amides is 3. The monoisotopic (exact) mass is 715 g/mol. The normalized spacial score (nSPS) is 12.1. The first-order chi connectivity index (χ1) is 24.0. The van der Waals surface area contributed by atoms with Crippen molar-refractivity contribution in [2.45, 2.75) is 16.3 Å². The van der Waals surface area contributed by atoms with Gasteiger partial charge in [0.1, 0.15) is 16.7 Å². The van der Waals surface area contributed by atoms with Gasteiger partial charge in [-0.1, -0.05) is 72.3 Å². The van der Waals surface area contributed by atoms with E-state index in [2.05, 4.69) is 16.0 Å². The van der Waals surface area contributed by atoms with Crippen molar-refractivity contribution in [2.24, 2.45) is 0 Å². The minimum Gasteiger partial charge on any atom is -0.497 e. The van der Waals surface area contributed by atoms with E-state index in [1.54, 1.807) is 122 Å². The SMILES string of the molecule is COc1ccc(/C=C(\NC(=O)c2ccccc2)C(=O)Nc2ccc(SC(C(=O)Nc3cc(C(F)(F)F)ccc3Cl)c3ccccc3)cc2)cc1. The quantitative estimate of drug-likeness (QED) is 0.0936. The van der Waals surface area contributed by atoms with Crippen LogP contribution in [0.5, 0.6) is 5.75 Å². The molecule has 0 aliphatic rings. The first kappa shape index (κ1) is 35.8. The summed E-state index contributed by atoms with van der Waals surface area (Å²) in [6.45, 7) is 0. The Morgan fingerprint density at radius 1 is 0.800 bits per heavy atom. The summed E-state index contributed by atoms with van der Waals surface area (Å²) in [5.41, 5.74) is 0.923. The molecule has 0 aliphatic heterocycles. The van der Waals surface area contributed by atoms with Crippen LogP contribution in [0.3, 0.4) is 0 Å². The average molecular weight is 716 g/mol. The fourth-order valence-corrected chi connectivity index (χ4v) is 5.85. The minimum atomic E-state index is -4.62. The lowest BCUT2D eigenvalue weighted by Crippen LogP contribution is -2.30. The molecule has 0 bridgehead atoms. The number of carbonyl (C=O) groups is 3. The number of nitrogens with one attached hydrogen (secondary N) is 3. The first-order valence-electron chi connectivity index (χ1n) is 15.0. The summed E-state index contributed by atoms with van der Waals surface area (Å²) < 4.78 is 45.2. The van der Waals surface area contributed by atoms with Crippen molar-refractivity contribution >= 4 is 58.5 Å². The number of thioether (sulfide) groups is 1. The van der Waals surface area contributed by atoms with E-state index >= 15 is 0 Å². The molecule has 7 nitrogen and oxygen atoms in total. The third-order valence-corrected chi connectivity index (χ3v) is 8.81. The standard InChI is InChI=1S/C38H29ClF3N3O4S/c1-49-29-17-12-24(13-18-29)22-33(45-35(46)26-10-6-3-7-11-26)36(47)43-28-15-19-30(20-16-28)50-34(25-8-4-2-5-9-25)37(48)44-32-23-27(38(40,41)42)14-21-31(32)39/h2-23,34H,1H3,(H,43,47)(H,44,48)(H,45,46)/b33-22-. The number of carbonyl (C=O) groups excluding carboxylic acids is 3. The Kier molecular flexibility index (Phi) is 11.6. The molecule has 50 heavy (non-hydrogen) atoms. The Hall–Kier alpha value is -5.52. The first-order valence-corrected chi connectivity index (χ1v) is 16.3. The maximum Gasteiger partial charge on any atom is 0.416 e. The highest BCUT2D eigenvalue weighted by molar-refractivity contribution is 8.00. The van der Waals surface area contributed by atoms with Crippen LogP contribution in [0.25, 0.3) is 6.08 Å². The third kappa shape index (κ3) is 9.55. The lowest BCUT2D eigenvalue weighted by molar-refractivity contribution is -0.137. The van der Waals surface area contributed by atoms with Gasteiger partial charge in [-0.15, -0.1) is 11.8 Å². The van der Waals surface area contributed by atoms with Crippen LogP contribution in [0.4, 0.5) is 24.5 Å². The van der Waals surface area contributed by atoms with Crippen molar-refractivity contribution in [3.63, 3.8) is 0 Å². The van der Waals surface area contributed by atoms with Gasteiger partial charge in [-0.05, 0) is 83.9 Å². The molecule has 0 spiro atoms. The van der Waals surface area contributed by atoms with Gasteiger partial charge in [0.15, 0.2) is 0 Å². The van der Waals surface area contributed by atoms with Crippen LogP contribution in [0.1, 0.15) is 32.3 Å². The van der Waals surface area contributed by atoms with Gasteiger partial charge < -0.3 is 20.7 Å². The van der Waals surface area contributed by atoms with Gasteiger partial charge in [0.25, 0.3) is 11.8 Å². The predicted molar refractivity (Wildman–Crippen MR) is 190 cm³/mol. The minimum absolute atomic E-state index is 0.00321. The molecule has 5 rings (SSSR count). The maximum absolute atomic E-state index is 13.5. The molecule has 254 valence electrons. The van der Waals surface area contributed by atoms with Crippen molar-refractivity contribution in [1.82, 2.24) is 5.32 Å². The molecule has 0 aliphatic carbocycles. The van der Waals surface area contributed by atoms with Crippen molar-refractivity contribution in [3.05, 3.63) is 160 Å². The lowest BCUT2D eigenvalue weighted by atomic mass is 10.1. The molecule has 12 heteroatoms. The number of anilines is 2. The van der Waals surface area contributed by atoms with Crippen molar-refractivity contribution in [3.8, 4) is 5.75 Å². The molecule has 1 atom stereocenters. The Balaban J connectivity index is 1.34. The van der Waals surface area contributed by atoms with E-state index in [1.165, 1.54) is 0 Å². The van der Waals surface area contributed by atoms with Crippen molar-refractivity contribution < 1.29 is 32.3 Å². The van der Waals surface area contributed by atoms with E-state index in [0.29, 0.717) is 33.0 Å². The molecule has 3 N–H and O–H groups in total. The molecule has 0 saturated heterocycles. The molecule has 5 aromatic carbocycles. The number of alkyl halides is 3. The van der Waals surface area contributed by atoms with E-state index in [-0.39, 0.29) is 16.4 Å². The maximum atomic E-state index is 13.5. The summed E-state index contributed by atoms with van der Waals surface area (Å²) in [4.78, 5) is 40.6. The highest BCUT2D eigenvalue weighted by Crippen LogP contribution is 2.39. The second kappa shape index (κ2) is 16.3. The number of hydrogen-bond acceptors (Lipinski definition) is 5. The zero-order valence-corrected chi connectivity index (χ0v) is 27.9. The summed E-state index contributed by atoms with van der Waals surface area (Å²) >= 11 is 7.30. The Labute approximate surface area is 295 Å². The van der Waals surface area contributed by atoms with Crippen LogP contribution >= 0.6 is 23.4 Å². The number of halogens is 4. The molecule has 5 aromatic rings. The van der Waals surface area contributed by atoms with Gasteiger partial charge >= 0.3 is 6.18 Å². The summed E-state index contributed by atoms with van der Waals surface area (Å²) in [5, 5.41) is 7.13. The molecular weight excluding hydrogens is 687 g/mol. The van der Waals surface area contributed by atoms with Crippen LogP contribution in [-0.2, 0) is 15.8 Å². The van der Waals surface area contributed by atoms with Gasteiger partial charge in [-0.3, -0.25) is 14.4 Å². The second-order valence-corrected chi connectivity index (χ2v) is 12.3. The number of benzene rings is 5. The van der Waals surface area contributed by atoms with Gasteiger partial charge in [0, 0.05) is 16.1 Å². The van der Waals surface area contributed by atoms with Crippen LogP contribution in [-0.4, -0.2) is 24.8 Å². The number of hydrogen-bond donors (Lipinski definition) is 3. The molecule has 1 unspecified atom stereocenters. The lowest BCUT2D eigenvalue weighted by Gasteiger charge is -2.19. The number of rotatable bonds is 11. The van der Waals surface area contributed by atoms with Gasteiger partial charge in [0.05, 0.1) is 23.4 Å². The zero-order valence-electron chi connectivity index (χ0n) is 26.3. The van der Waals surface area contributed by atoms with Crippen molar-refractivity contribution in [2.75, 3.05) is 17.7 Å². The highest BCUT2D eigenvalue weighted by Gasteiger charge is 2.32. The van der Waals surface area contributed by atoms with Gasteiger partial charge in [0.2, 0.25) is 5.91 Å². The molecule has 0 fully saturated rings. The average Bonchev–Trinajstić information content (AvgIpc) is 3.12. The molecule has 0 aromatic heterocycles. The topological polar surface area (TPSA) is 96.5 Å². The van der Waals surface area contributed by atoms with Crippen LogP contribution < -0.4 is 20.7 Å². The van der Waals surface area contributed by atoms with E-state index in [4.69, 9.17) is 16.3 Å². The summed E-state index contributed by atoms with van der Waals surface area (Å²) in [6, 6.07) is 33.5. The van der Waals surface area contributed by atoms with Crippen molar-refractivity contribution in [1.29, 1.82) is 0 Å². The molecule has 0 saturated carbocycles. The summed E-state index contributed by atoms with van der Waals surface area (Å²) in [6.07, 6.45) is -3.08. The second-order valence-electron chi connectivity index (χ2n) is 10.7. The van der Waals surface area contributed by atoms with Gasteiger partial charge in [-0.25, -0.2) is 0 Å². The van der Waals surface area contributed by atoms with Crippen LogP contribution in [0, 0.1) is 0 Å². The number of ether oxygens (including phenoxy) is 1. The third-order valence-electron chi connectivity index (χ3n) is 7.21. The molecule has 3 amide bonds. The van der Waals surface area contributed by atoms with Crippen LogP contribution in [0.15, 0.2) is 138 Å². The van der Waals surface area contributed by atoms with E-state index < -0.39 is 34.7 Å². The summed E-state index contributed by atoms with van der Waals surface area (Å²) in [7, 11) is 1.54. The van der Waals surface area contributed by atoms with E-state index in [1.807, 2.05) is 0 Å². The Morgan fingerprint density at radius 3 is 2.06 bits per heavy atom. The Bertz CT molecular complexity index is 1990. The van der Waals surface area contributed by atoms with E-state index in [9.17, 15) is 27.6 Å². The van der Waals surface area contributed by atoms with E-state index in [0.717, 1.165) is 30.0 Å². The molecule has 0 heterocycles. The van der Waals surface area contributed by atoms with Crippen LogP contribution in [0.2, 0.25) is 5.02 Å². The summed E-state index contributed by atoms with van der Waals surface area (Å²) in [5.74, 6) is -0.998. The largest absolute Gasteiger partial charge is 0.497 e. The number of methoxy groups -OCH3 is 1. The fraction of sp³-hybridized carbons (Fsp3) is 0.0789. The zero-order chi connectivity index (χ0) is 35.7. The fourth-order valence-electron chi connectivity index (χ4n) is 4.66. The highest BCUT2D eigenvalue weighted by atomic mass is 35.5. The smallest absolute Gasteiger partial charge is 0.416 e. The predicted octanol–water partition coefficient (Wildman–Crippen LogP) is 9.25. The molecular formula is C38H29ClF3N3O4S.